The smallest absolute Gasteiger partial charge is 0.302 e. The summed E-state index contributed by atoms with van der Waals surface area (Å²) in [4.78, 5) is 34.6. The number of sulfonamides is 1. The van der Waals surface area contributed by atoms with Gasteiger partial charge in [0.1, 0.15) is 6.10 Å². The number of amides is 2. The fourth-order valence-electron chi connectivity index (χ4n) is 3.13. The highest BCUT2D eigenvalue weighted by Crippen LogP contribution is 2.18. The van der Waals surface area contributed by atoms with Gasteiger partial charge in [-0.3, -0.25) is 14.4 Å². The second kappa shape index (κ2) is 11.4. The van der Waals surface area contributed by atoms with Gasteiger partial charge in [-0.15, -0.1) is 0 Å². The number of hydrogen-bond donors (Lipinski definition) is 3. The molecule has 0 spiro atoms. The number of ether oxygens (including phenoxy) is 1. The van der Waals surface area contributed by atoms with Crippen molar-refractivity contribution < 1.29 is 27.5 Å². The van der Waals surface area contributed by atoms with Gasteiger partial charge in [-0.25, -0.2) is 13.1 Å². The number of carbonyl (C=O) groups is 3. The van der Waals surface area contributed by atoms with E-state index in [1.807, 2.05) is 30.3 Å². The largest absolute Gasteiger partial charge is 0.461 e. The van der Waals surface area contributed by atoms with Crippen molar-refractivity contribution in [2.45, 2.75) is 37.7 Å². The topological polar surface area (TPSA) is 145 Å². The number of esters is 1. The number of rotatable bonds is 11. The SMILES string of the molecule is CC(=O)Nc1ccc(S(=O)(=O)NC[C@H](C[C@@H](Cc2ccccc2)C(N)=O)OC(C)=O)cc1. The van der Waals surface area contributed by atoms with Crippen LogP contribution in [0, 0.1) is 5.92 Å². The third-order valence-electron chi connectivity index (χ3n) is 4.59. The molecule has 0 aliphatic rings. The maximum atomic E-state index is 12.6. The van der Waals surface area contributed by atoms with Crippen LogP contribution < -0.4 is 15.8 Å². The number of nitrogens with two attached hydrogens (primary N) is 1. The Morgan fingerprint density at radius 1 is 1.00 bits per heavy atom. The van der Waals surface area contributed by atoms with Gasteiger partial charge in [-0.2, -0.15) is 0 Å². The predicted molar refractivity (Wildman–Crippen MR) is 119 cm³/mol. The van der Waals surface area contributed by atoms with E-state index in [-0.39, 0.29) is 23.8 Å². The first kappa shape index (κ1) is 25.0. The third-order valence-corrected chi connectivity index (χ3v) is 6.03. The summed E-state index contributed by atoms with van der Waals surface area (Å²) in [5, 5.41) is 2.55. The van der Waals surface area contributed by atoms with Crippen LogP contribution in [0.4, 0.5) is 5.69 Å². The highest BCUT2D eigenvalue weighted by Gasteiger charge is 2.25. The summed E-state index contributed by atoms with van der Waals surface area (Å²) in [6.07, 6.45) is -0.485. The van der Waals surface area contributed by atoms with Crippen molar-refractivity contribution in [2.75, 3.05) is 11.9 Å². The molecule has 32 heavy (non-hydrogen) atoms. The van der Waals surface area contributed by atoms with Crippen molar-refractivity contribution in [3.8, 4) is 0 Å². The monoisotopic (exact) mass is 461 g/mol. The molecule has 0 aliphatic carbocycles. The van der Waals surface area contributed by atoms with Crippen LogP contribution in [-0.4, -0.2) is 38.9 Å². The van der Waals surface area contributed by atoms with Gasteiger partial charge in [0.2, 0.25) is 21.8 Å². The Morgan fingerprint density at radius 2 is 1.62 bits per heavy atom. The molecule has 2 rings (SSSR count). The molecule has 2 atom stereocenters. The molecular formula is C22H27N3O6S. The van der Waals surface area contributed by atoms with Crippen molar-refractivity contribution in [3.63, 3.8) is 0 Å². The Kier molecular flexibility index (Phi) is 8.91. The second-order valence-electron chi connectivity index (χ2n) is 7.31. The zero-order valence-corrected chi connectivity index (χ0v) is 18.7. The minimum atomic E-state index is -3.92. The highest BCUT2D eigenvalue weighted by atomic mass is 32.2. The van der Waals surface area contributed by atoms with Gasteiger partial charge in [0.25, 0.3) is 0 Å². The first-order valence-corrected chi connectivity index (χ1v) is 11.4. The molecule has 172 valence electrons. The van der Waals surface area contributed by atoms with Crippen molar-refractivity contribution in [2.24, 2.45) is 11.7 Å². The van der Waals surface area contributed by atoms with Gasteiger partial charge >= 0.3 is 5.97 Å². The van der Waals surface area contributed by atoms with E-state index in [9.17, 15) is 22.8 Å². The van der Waals surface area contributed by atoms with Crippen LogP contribution >= 0.6 is 0 Å². The fraction of sp³-hybridized carbons (Fsp3) is 0.318. The quantitative estimate of drug-likeness (QED) is 0.433. The summed E-state index contributed by atoms with van der Waals surface area (Å²) in [6.45, 7) is 2.32. The molecule has 0 radical (unpaired) electrons. The van der Waals surface area contributed by atoms with Gasteiger partial charge in [0.05, 0.1) is 4.90 Å². The van der Waals surface area contributed by atoms with E-state index in [0.29, 0.717) is 12.1 Å². The van der Waals surface area contributed by atoms with Crippen molar-refractivity contribution in [1.82, 2.24) is 4.72 Å². The summed E-state index contributed by atoms with van der Waals surface area (Å²) in [5.74, 6) is -2.09. The van der Waals surface area contributed by atoms with Crippen molar-refractivity contribution in [3.05, 3.63) is 60.2 Å². The van der Waals surface area contributed by atoms with Crippen LogP contribution in [0.1, 0.15) is 25.8 Å². The molecule has 2 aromatic carbocycles. The summed E-state index contributed by atoms with van der Waals surface area (Å²) in [6, 6.07) is 14.8. The number of benzene rings is 2. The van der Waals surface area contributed by atoms with E-state index < -0.39 is 33.9 Å². The summed E-state index contributed by atoms with van der Waals surface area (Å²) >= 11 is 0. The van der Waals surface area contributed by atoms with Gasteiger partial charge in [-0.1, -0.05) is 30.3 Å². The Bertz CT molecular complexity index is 1040. The predicted octanol–water partition coefficient (Wildman–Crippen LogP) is 1.59. The maximum absolute atomic E-state index is 12.6. The molecule has 0 unspecified atom stereocenters. The highest BCUT2D eigenvalue weighted by molar-refractivity contribution is 7.89. The molecule has 0 fully saturated rings. The average molecular weight is 462 g/mol. The van der Waals surface area contributed by atoms with Gasteiger partial charge < -0.3 is 15.8 Å². The van der Waals surface area contributed by atoms with Crippen LogP contribution in [-0.2, 0) is 35.6 Å². The number of carbonyl (C=O) groups excluding carboxylic acids is 3. The molecule has 0 heterocycles. The minimum absolute atomic E-state index is 0.0242. The number of nitrogens with one attached hydrogen (secondary N) is 2. The van der Waals surface area contributed by atoms with E-state index in [1.54, 1.807) is 0 Å². The Morgan fingerprint density at radius 3 is 2.16 bits per heavy atom. The molecule has 2 amide bonds. The van der Waals surface area contributed by atoms with E-state index in [2.05, 4.69) is 10.0 Å². The van der Waals surface area contributed by atoms with Crippen molar-refractivity contribution >= 4 is 33.5 Å². The standard InChI is InChI=1S/C22H27N3O6S/c1-15(26)25-19-8-10-21(11-9-19)32(29,30)24-14-20(31-16(2)27)13-18(22(23)28)12-17-6-4-3-5-7-17/h3-11,18,20,24H,12-14H2,1-2H3,(H2,23,28)(H,25,26)/t18-,20+/m1/s1. The zero-order chi connectivity index (χ0) is 23.7. The lowest BCUT2D eigenvalue weighted by molar-refractivity contribution is -0.147. The molecule has 0 saturated carbocycles. The summed E-state index contributed by atoms with van der Waals surface area (Å²) < 4.78 is 32.9. The number of anilines is 1. The lowest BCUT2D eigenvalue weighted by atomic mass is 9.93. The summed E-state index contributed by atoms with van der Waals surface area (Å²) in [5.41, 5.74) is 6.88. The Hall–Kier alpha value is -3.24. The minimum Gasteiger partial charge on any atom is -0.461 e. The van der Waals surface area contributed by atoms with E-state index in [1.165, 1.54) is 38.1 Å². The van der Waals surface area contributed by atoms with Crippen molar-refractivity contribution in [1.29, 1.82) is 0 Å². The average Bonchev–Trinajstić information content (AvgIpc) is 2.72. The van der Waals surface area contributed by atoms with Gasteiger partial charge in [0.15, 0.2) is 0 Å². The van der Waals surface area contributed by atoms with Crippen LogP contribution in [0.2, 0.25) is 0 Å². The van der Waals surface area contributed by atoms with E-state index >= 15 is 0 Å². The lowest BCUT2D eigenvalue weighted by Crippen LogP contribution is -2.38. The summed E-state index contributed by atoms with van der Waals surface area (Å²) in [7, 11) is -3.92. The van der Waals surface area contributed by atoms with Gasteiger partial charge in [0, 0.05) is 32.0 Å². The second-order valence-corrected chi connectivity index (χ2v) is 9.08. The molecule has 9 nitrogen and oxygen atoms in total. The Balaban J connectivity index is 2.09. The molecule has 0 aliphatic heterocycles. The lowest BCUT2D eigenvalue weighted by Gasteiger charge is -2.22. The first-order chi connectivity index (χ1) is 15.1. The fourth-order valence-corrected chi connectivity index (χ4v) is 4.20. The van der Waals surface area contributed by atoms with Crippen LogP contribution in [0.3, 0.4) is 0 Å². The van der Waals surface area contributed by atoms with E-state index in [0.717, 1.165) is 5.56 Å². The molecule has 0 aromatic heterocycles. The molecule has 4 N–H and O–H groups in total. The molecule has 0 saturated heterocycles. The first-order valence-electron chi connectivity index (χ1n) is 9.94. The zero-order valence-electron chi connectivity index (χ0n) is 17.9. The number of hydrogen-bond acceptors (Lipinski definition) is 6. The molecule has 0 bridgehead atoms. The molecule has 2 aromatic rings. The number of primary amides is 1. The Labute approximate surface area is 187 Å². The molecular weight excluding hydrogens is 434 g/mol. The third kappa shape index (κ3) is 8.12. The van der Waals surface area contributed by atoms with Gasteiger partial charge in [-0.05, 0) is 42.7 Å². The normalized spacial score (nSPS) is 13.1. The van der Waals surface area contributed by atoms with Crippen LogP contribution in [0.5, 0.6) is 0 Å². The molecule has 10 heteroatoms. The maximum Gasteiger partial charge on any atom is 0.302 e. The van der Waals surface area contributed by atoms with E-state index in [4.69, 9.17) is 10.5 Å². The van der Waals surface area contributed by atoms with Crippen LogP contribution in [0.25, 0.3) is 0 Å². The van der Waals surface area contributed by atoms with Crippen LogP contribution in [0.15, 0.2) is 59.5 Å².